The summed E-state index contributed by atoms with van der Waals surface area (Å²) in [5, 5.41) is 13.2. The average molecular weight is 363 g/mol. The molecule has 104 valence electrons. The van der Waals surface area contributed by atoms with Crippen molar-refractivity contribution in [2.45, 2.75) is 0 Å². The van der Waals surface area contributed by atoms with Gasteiger partial charge in [-0.1, -0.05) is 39.7 Å². The predicted molar refractivity (Wildman–Crippen MR) is 86.6 cm³/mol. The molecule has 4 nitrogen and oxygen atoms in total. The minimum absolute atomic E-state index is 0.247. The number of hydrogen-bond donors (Lipinski definition) is 1. The van der Waals surface area contributed by atoms with E-state index in [9.17, 15) is 4.79 Å². The number of nitriles is 1. The summed E-state index contributed by atoms with van der Waals surface area (Å²) in [7, 11) is 0. The van der Waals surface area contributed by atoms with Crippen LogP contribution in [0.25, 0.3) is 0 Å². The molecule has 2 aromatic carbocycles. The van der Waals surface area contributed by atoms with Crippen LogP contribution >= 0.6 is 27.5 Å². The molecule has 0 unspecified atom stereocenters. The minimum Gasteiger partial charge on any atom is -0.286 e. The van der Waals surface area contributed by atoms with Crippen LogP contribution in [0.15, 0.2) is 58.1 Å². The van der Waals surface area contributed by atoms with Gasteiger partial charge in [-0.2, -0.15) is 10.4 Å². The molecule has 2 rings (SSSR count). The lowest BCUT2D eigenvalue weighted by atomic mass is 10.1. The van der Waals surface area contributed by atoms with Crippen LogP contribution < -0.4 is 5.43 Å². The Hall–Kier alpha value is -2.16. The molecule has 21 heavy (non-hydrogen) atoms. The number of carbonyl (C=O) groups excluding carboxylic acids is 1. The highest BCUT2D eigenvalue weighted by Crippen LogP contribution is 2.17. The number of nitrogens with one attached hydrogen (secondary N) is 1. The van der Waals surface area contributed by atoms with Crippen LogP contribution in [-0.4, -0.2) is 11.5 Å². The number of halogens is 2. The summed E-state index contributed by atoms with van der Waals surface area (Å²) >= 11 is 9.26. The van der Waals surface area contributed by atoms with Crippen molar-refractivity contribution in [1.29, 1.82) is 5.26 Å². The Morgan fingerprint density at radius 3 is 2.48 bits per heavy atom. The Morgan fingerprint density at radius 1 is 1.19 bits per heavy atom. The van der Waals surface area contributed by atoms with Crippen molar-refractivity contribution >= 4 is 44.7 Å². The van der Waals surface area contributed by atoms with E-state index in [1.54, 1.807) is 42.5 Å². The number of Topliss-reactive ketones (excluding diaryl/α,β-unsaturated/α-hetero) is 1. The average Bonchev–Trinajstić information content (AvgIpc) is 2.50. The van der Waals surface area contributed by atoms with E-state index < -0.39 is 5.78 Å². The zero-order valence-electron chi connectivity index (χ0n) is 10.7. The van der Waals surface area contributed by atoms with E-state index in [1.165, 1.54) is 0 Å². The third kappa shape index (κ3) is 3.91. The fourth-order valence-corrected chi connectivity index (χ4v) is 2.03. The molecule has 1 N–H and O–H groups in total. The van der Waals surface area contributed by atoms with Crippen LogP contribution in [0.4, 0.5) is 5.69 Å². The number of rotatable bonds is 4. The summed E-state index contributed by atoms with van der Waals surface area (Å²) in [6, 6.07) is 15.5. The van der Waals surface area contributed by atoms with Crippen LogP contribution in [0.5, 0.6) is 0 Å². The van der Waals surface area contributed by atoms with Crippen LogP contribution in [-0.2, 0) is 0 Å². The first-order chi connectivity index (χ1) is 10.1. The summed E-state index contributed by atoms with van der Waals surface area (Å²) in [5.41, 5.74) is 3.33. The quantitative estimate of drug-likeness (QED) is 0.501. The first-order valence-corrected chi connectivity index (χ1v) is 7.07. The maximum absolute atomic E-state index is 12.2. The third-order valence-electron chi connectivity index (χ3n) is 2.58. The van der Waals surface area contributed by atoms with Crippen LogP contribution in [0.2, 0.25) is 5.02 Å². The van der Waals surface area contributed by atoms with E-state index in [0.717, 1.165) is 4.47 Å². The first kappa shape index (κ1) is 15.2. The highest BCUT2D eigenvalue weighted by atomic mass is 79.9. The van der Waals surface area contributed by atoms with Gasteiger partial charge in [-0.15, -0.1) is 0 Å². The second-order valence-electron chi connectivity index (χ2n) is 4.00. The van der Waals surface area contributed by atoms with Gasteiger partial charge in [0.1, 0.15) is 6.07 Å². The molecule has 0 spiro atoms. The third-order valence-corrected chi connectivity index (χ3v) is 3.44. The van der Waals surface area contributed by atoms with E-state index in [1.807, 2.05) is 12.1 Å². The Morgan fingerprint density at radius 2 is 1.86 bits per heavy atom. The van der Waals surface area contributed by atoms with Gasteiger partial charge in [-0.05, 0) is 36.4 Å². The van der Waals surface area contributed by atoms with Crippen molar-refractivity contribution in [2.75, 3.05) is 5.43 Å². The molecule has 0 saturated heterocycles. The van der Waals surface area contributed by atoms with Crippen molar-refractivity contribution in [2.24, 2.45) is 5.10 Å². The number of hydrazone groups is 1. The second kappa shape index (κ2) is 7.02. The summed E-state index contributed by atoms with van der Waals surface area (Å²) in [6.07, 6.45) is 0. The SMILES string of the molecule is N#CC(=NNc1ccc(Br)cc1)C(=O)c1ccccc1Cl. The molecule has 0 aliphatic carbocycles. The van der Waals surface area contributed by atoms with Crippen molar-refractivity contribution in [3.8, 4) is 6.07 Å². The van der Waals surface area contributed by atoms with Crippen molar-refractivity contribution < 1.29 is 4.79 Å². The van der Waals surface area contributed by atoms with Crippen molar-refractivity contribution in [3.63, 3.8) is 0 Å². The van der Waals surface area contributed by atoms with Crippen LogP contribution in [0.3, 0.4) is 0 Å². The topological polar surface area (TPSA) is 65.2 Å². The highest BCUT2D eigenvalue weighted by Gasteiger charge is 2.16. The Balaban J connectivity index is 2.22. The minimum atomic E-state index is -0.521. The zero-order valence-corrected chi connectivity index (χ0v) is 13.0. The first-order valence-electron chi connectivity index (χ1n) is 5.90. The monoisotopic (exact) mass is 361 g/mol. The molecule has 0 bridgehead atoms. The number of benzene rings is 2. The Kier molecular flexibility index (Phi) is 5.09. The fourth-order valence-electron chi connectivity index (χ4n) is 1.54. The van der Waals surface area contributed by atoms with Gasteiger partial charge in [0.05, 0.1) is 10.7 Å². The number of nitrogens with zero attached hydrogens (tertiary/aromatic N) is 2. The Labute approximate surface area is 135 Å². The molecule has 6 heteroatoms. The molecule has 0 aliphatic rings. The van der Waals surface area contributed by atoms with Gasteiger partial charge >= 0.3 is 0 Å². The zero-order chi connectivity index (χ0) is 15.2. The van der Waals surface area contributed by atoms with Crippen molar-refractivity contribution in [3.05, 3.63) is 63.6 Å². The fraction of sp³-hybridized carbons (Fsp3) is 0. The Bertz CT molecular complexity index is 735. The van der Waals surface area contributed by atoms with Gasteiger partial charge in [0, 0.05) is 10.0 Å². The van der Waals surface area contributed by atoms with Gasteiger partial charge < -0.3 is 0 Å². The molecule has 0 amide bonds. The number of ketones is 1. The number of carbonyl (C=O) groups is 1. The standard InChI is InChI=1S/C15H9BrClN3O/c16-10-5-7-11(8-6-10)19-20-14(9-18)15(21)12-3-1-2-4-13(12)17/h1-8,19H. The number of hydrogen-bond acceptors (Lipinski definition) is 4. The molecule has 0 aliphatic heterocycles. The smallest absolute Gasteiger partial charge is 0.225 e. The largest absolute Gasteiger partial charge is 0.286 e. The van der Waals surface area contributed by atoms with E-state index in [0.29, 0.717) is 5.69 Å². The molecule has 0 aromatic heterocycles. The highest BCUT2D eigenvalue weighted by molar-refractivity contribution is 9.10. The number of anilines is 1. The molecule has 0 heterocycles. The molecular weight excluding hydrogens is 354 g/mol. The second-order valence-corrected chi connectivity index (χ2v) is 5.32. The maximum atomic E-state index is 12.2. The molecule has 0 saturated carbocycles. The van der Waals surface area contributed by atoms with E-state index in [2.05, 4.69) is 26.5 Å². The molecule has 0 fully saturated rings. The van der Waals surface area contributed by atoms with E-state index >= 15 is 0 Å². The lowest BCUT2D eigenvalue weighted by Gasteiger charge is -2.03. The van der Waals surface area contributed by atoms with Crippen LogP contribution in [0.1, 0.15) is 10.4 Å². The van der Waals surface area contributed by atoms with Crippen LogP contribution in [0, 0.1) is 11.3 Å². The van der Waals surface area contributed by atoms with E-state index in [-0.39, 0.29) is 16.3 Å². The summed E-state index contributed by atoms with van der Waals surface area (Å²) in [5.74, 6) is -0.521. The molecule has 0 radical (unpaired) electrons. The lowest BCUT2D eigenvalue weighted by molar-refractivity contribution is 0.106. The van der Waals surface area contributed by atoms with E-state index in [4.69, 9.17) is 16.9 Å². The van der Waals surface area contributed by atoms with Crippen molar-refractivity contribution in [1.82, 2.24) is 0 Å². The lowest BCUT2D eigenvalue weighted by Crippen LogP contribution is -2.14. The molecule has 0 atom stereocenters. The van der Waals surface area contributed by atoms with Gasteiger partial charge in [0.15, 0.2) is 0 Å². The van der Waals surface area contributed by atoms with Gasteiger partial charge in [-0.25, -0.2) is 0 Å². The van der Waals surface area contributed by atoms with Gasteiger partial charge in [-0.3, -0.25) is 10.2 Å². The normalized spacial score (nSPS) is 10.8. The van der Waals surface area contributed by atoms with Gasteiger partial charge in [0.25, 0.3) is 0 Å². The molecular formula is C15H9BrClN3O. The maximum Gasteiger partial charge on any atom is 0.225 e. The summed E-state index contributed by atoms with van der Waals surface area (Å²) < 4.78 is 0.921. The van der Waals surface area contributed by atoms with Gasteiger partial charge in [0.2, 0.25) is 11.5 Å². The predicted octanol–water partition coefficient (Wildman–Crippen LogP) is 4.28. The summed E-state index contributed by atoms with van der Waals surface area (Å²) in [6.45, 7) is 0. The summed E-state index contributed by atoms with van der Waals surface area (Å²) in [4.78, 5) is 12.2. The molecule has 2 aromatic rings.